The fourth-order valence-corrected chi connectivity index (χ4v) is 2.63. The number of hydrogen-bond donors (Lipinski definition) is 1. The third kappa shape index (κ3) is 1.77. The van der Waals surface area contributed by atoms with Gasteiger partial charge >= 0.3 is 5.63 Å². The zero-order chi connectivity index (χ0) is 13.6. The molecule has 0 saturated heterocycles. The number of carbonyl (C=O) groups is 1. The Morgan fingerprint density at radius 1 is 1.47 bits per heavy atom. The van der Waals surface area contributed by atoms with Crippen molar-refractivity contribution < 1.29 is 9.21 Å². The third-order valence-electron chi connectivity index (χ3n) is 3.84. The van der Waals surface area contributed by atoms with E-state index in [-0.39, 0.29) is 11.9 Å². The molecule has 0 radical (unpaired) electrons. The number of nitrogens with one attached hydrogen (secondary N) is 1. The minimum absolute atomic E-state index is 0.240. The molecule has 1 aliphatic carbocycles. The number of amides is 1. The van der Waals surface area contributed by atoms with Crippen molar-refractivity contribution in [2.75, 3.05) is 4.90 Å². The van der Waals surface area contributed by atoms with Gasteiger partial charge in [-0.25, -0.2) is 4.79 Å². The highest BCUT2D eigenvalue weighted by Crippen LogP contribution is 2.36. The lowest BCUT2D eigenvalue weighted by Gasteiger charge is -2.41. The Bertz CT molecular complexity index is 614. The van der Waals surface area contributed by atoms with Crippen LogP contribution in [0.5, 0.6) is 0 Å². The molecule has 1 fully saturated rings. The van der Waals surface area contributed by atoms with Gasteiger partial charge in [-0.2, -0.15) is 0 Å². The predicted octanol–water partition coefficient (Wildman–Crippen LogP) is 1.78. The standard InChI is InChI=1S/C14H16N2O3/c1-3-9-7-11(17)19-14-12(9)13(18)15-8(2)16(14)10-5-4-6-10/h7,10H,2-6H2,1H3,(H,15,18). The maximum absolute atomic E-state index is 12.1. The van der Waals surface area contributed by atoms with E-state index in [0.29, 0.717) is 23.7 Å². The summed E-state index contributed by atoms with van der Waals surface area (Å²) >= 11 is 0. The largest absolute Gasteiger partial charge is 0.405 e. The van der Waals surface area contributed by atoms with Gasteiger partial charge in [0.15, 0.2) is 0 Å². The Kier molecular flexibility index (Phi) is 2.69. The lowest BCUT2D eigenvalue weighted by atomic mass is 9.90. The van der Waals surface area contributed by atoms with E-state index >= 15 is 0 Å². The van der Waals surface area contributed by atoms with Crippen LogP contribution in [0.2, 0.25) is 0 Å². The van der Waals surface area contributed by atoms with Gasteiger partial charge in [-0.05, 0) is 31.2 Å². The second-order valence-corrected chi connectivity index (χ2v) is 4.98. The lowest BCUT2D eigenvalue weighted by Crippen LogP contribution is -2.49. The van der Waals surface area contributed by atoms with Gasteiger partial charge in [0, 0.05) is 12.1 Å². The van der Waals surface area contributed by atoms with Crippen molar-refractivity contribution in [1.82, 2.24) is 5.32 Å². The molecule has 1 aromatic heterocycles. The number of carbonyl (C=O) groups excluding carboxylic acids is 1. The van der Waals surface area contributed by atoms with Crippen LogP contribution in [0.1, 0.15) is 42.1 Å². The van der Waals surface area contributed by atoms with Crippen molar-refractivity contribution in [3.8, 4) is 0 Å². The van der Waals surface area contributed by atoms with Crippen molar-refractivity contribution in [2.24, 2.45) is 0 Å². The number of rotatable bonds is 2. The number of hydrogen-bond acceptors (Lipinski definition) is 4. The molecule has 2 heterocycles. The van der Waals surface area contributed by atoms with Crippen LogP contribution < -0.4 is 15.8 Å². The Morgan fingerprint density at radius 3 is 2.79 bits per heavy atom. The van der Waals surface area contributed by atoms with E-state index in [2.05, 4.69) is 11.9 Å². The molecule has 1 saturated carbocycles. The van der Waals surface area contributed by atoms with Crippen molar-refractivity contribution in [1.29, 1.82) is 0 Å². The van der Waals surface area contributed by atoms with Crippen LogP contribution in [-0.2, 0) is 6.42 Å². The van der Waals surface area contributed by atoms with Crippen molar-refractivity contribution in [3.63, 3.8) is 0 Å². The molecule has 100 valence electrons. The summed E-state index contributed by atoms with van der Waals surface area (Å²) in [5, 5.41) is 2.76. The van der Waals surface area contributed by atoms with E-state index in [4.69, 9.17) is 4.42 Å². The smallest absolute Gasteiger partial charge is 0.337 e. The molecule has 2 aliphatic rings. The first-order chi connectivity index (χ1) is 9.11. The normalized spacial score (nSPS) is 18.9. The van der Waals surface area contributed by atoms with Crippen LogP contribution in [0.3, 0.4) is 0 Å². The monoisotopic (exact) mass is 260 g/mol. The van der Waals surface area contributed by atoms with Crippen molar-refractivity contribution in [3.05, 3.63) is 40.0 Å². The molecule has 5 heteroatoms. The Hall–Kier alpha value is -2.04. The summed E-state index contributed by atoms with van der Waals surface area (Å²) in [4.78, 5) is 25.6. The number of anilines is 1. The summed E-state index contributed by atoms with van der Waals surface area (Å²) < 4.78 is 5.30. The minimum Gasteiger partial charge on any atom is -0.405 e. The van der Waals surface area contributed by atoms with Gasteiger partial charge in [-0.15, -0.1) is 0 Å². The summed E-state index contributed by atoms with van der Waals surface area (Å²) in [5.74, 6) is 0.623. The zero-order valence-corrected chi connectivity index (χ0v) is 10.9. The zero-order valence-electron chi connectivity index (χ0n) is 10.9. The van der Waals surface area contributed by atoms with Crippen molar-refractivity contribution in [2.45, 2.75) is 38.6 Å². The molecule has 1 amide bonds. The van der Waals surface area contributed by atoms with Crippen LogP contribution in [0, 0.1) is 0 Å². The maximum atomic E-state index is 12.1. The molecule has 1 N–H and O–H groups in total. The second-order valence-electron chi connectivity index (χ2n) is 4.98. The topological polar surface area (TPSA) is 62.6 Å². The van der Waals surface area contributed by atoms with Crippen molar-refractivity contribution >= 4 is 11.8 Å². The SMILES string of the molecule is C=C1NC(=O)c2c(CC)cc(=O)oc2N1C1CCC1. The summed E-state index contributed by atoms with van der Waals surface area (Å²) in [6, 6.07) is 1.66. The quantitative estimate of drug-likeness (QED) is 0.880. The Morgan fingerprint density at radius 2 is 2.21 bits per heavy atom. The lowest BCUT2D eigenvalue weighted by molar-refractivity contribution is 0.0953. The van der Waals surface area contributed by atoms with Crippen LogP contribution in [0.25, 0.3) is 0 Å². The van der Waals surface area contributed by atoms with E-state index in [1.807, 2.05) is 11.8 Å². The Balaban J connectivity index is 2.20. The molecule has 19 heavy (non-hydrogen) atoms. The Labute approximate surface area is 110 Å². The maximum Gasteiger partial charge on any atom is 0.337 e. The molecule has 0 unspecified atom stereocenters. The molecule has 0 aromatic carbocycles. The van der Waals surface area contributed by atoms with E-state index in [9.17, 15) is 9.59 Å². The highest BCUT2D eigenvalue weighted by atomic mass is 16.4. The summed E-state index contributed by atoms with van der Waals surface area (Å²) in [5.41, 5.74) is 0.782. The van der Waals surface area contributed by atoms with Gasteiger partial charge in [0.1, 0.15) is 11.4 Å². The molecule has 0 spiro atoms. The molecule has 0 bridgehead atoms. The van der Waals surface area contributed by atoms with Gasteiger partial charge in [0.05, 0.1) is 0 Å². The molecule has 0 atom stereocenters. The van der Waals surface area contributed by atoms with E-state index in [1.54, 1.807) is 0 Å². The van der Waals surface area contributed by atoms with E-state index in [0.717, 1.165) is 24.8 Å². The second kappa shape index (κ2) is 4.26. The first kappa shape index (κ1) is 12.0. The van der Waals surface area contributed by atoms with Crippen LogP contribution in [0.15, 0.2) is 27.7 Å². The highest BCUT2D eigenvalue weighted by Gasteiger charge is 2.37. The average molecular weight is 260 g/mol. The van der Waals surface area contributed by atoms with E-state index in [1.165, 1.54) is 6.07 Å². The van der Waals surface area contributed by atoms with Gasteiger partial charge < -0.3 is 9.73 Å². The van der Waals surface area contributed by atoms with Gasteiger partial charge in [0.2, 0.25) is 5.88 Å². The first-order valence-electron chi connectivity index (χ1n) is 6.58. The van der Waals surface area contributed by atoms with Gasteiger partial charge in [-0.1, -0.05) is 13.5 Å². The van der Waals surface area contributed by atoms with Crippen LogP contribution >= 0.6 is 0 Å². The molecular formula is C14H16N2O3. The molecular weight excluding hydrogens is 244 g/mol. The number of fused-ring (bicyclic) bond motifs is 1. The van der Waals surface area contributed by atoms with Crippen LogP contribution in [0.4, 0.5) is 5.88 Å². The van der Waals surface area contributed by atoms with Gasteiger partial charge in [0.25, 0.3) is 5.91 Å². The summed E-state index contributed by atoms with van der Waals surface area (Å²) in [7, 11) is 0. The summed E-state index contributed by atoms with van der Waals surface area (Å²) in [6.07, 6.45) is 3.81. The third-order valence-corrected chi connectivity index (χ3v) is 3.84. The average Bonchev–Trinajstić information content (AvgIpc) is 2.30. The molecule has 1 aromatic rings. The fourth-order valence-electron chi connectivity index (χ4n) is 2.63. The highest BCUT2D eigenvalue weighted by molar-refractivity contribution is 6.03. The fraction of sp³-hybridized carbons (Fsp3) is 0.429. The summed E-state index contributed by atoms with van der Waals surface area (Å²) in [6.45, 7) is 5.78. The van der Waals surface area contributed by atoms with E-state index < -0.39 is 5.63 Å². The molecule has 5 nitrogen and oxygen atoms in total. The molecule has 1 aliphatic heterocycles. The van der Waals surface area contributed by atoms with Gasteiger partial charge in [-0.3, -0.25) is 9.69 Å². The minimum atomic E-state index is -0.414. The molecule has 3 rings (SSSR count). The predicted molar refractivity (Wildman–Crippen MR) is 71.1 cm³/mol. The first-order valence-corrected chi connectivity index (χ1v) is 6.58. The number of nitrogens with zero attached hydrogens (tertiary/aromatic N) is 1. The van der Waals surface area contributed by atoms with Crippen LogP contribution in [-0.4, -0.2) is 11.9 Å². The number of aryl methyl sites for hydroxylation is 1.